The van der Waals surface area contributed by atoms with Gasteiger partial charge in [-0.05, 0) is 24.3 Å². The molecule has 0 aliphatic rings. The molecule has 1 rings (SSSR count). The van der Waals surface area contributed by atoms with Crippen LogP contribution in [0.1, 0.15) is 43.1 Å². The average molecular weight is 234 g/mol. The molecule has 0 spiro atoms. The lowest BCUT2D eigenvalue weighted by atomic mass is 9.93. The monoisotopic (exact) mass is 234 g/mol. The second-order valence-electron chi connectivity index (χ2n) is 5.60. The normalized spacial score (nSPS) is 11.5. The van der Waals surface area contributed by atoms with E-state index >= 15 is 0 Å². The standard InChI is InChI=1S/C15H22O2/c1-12-7-5-6-8-13(12)14(16)11-17-10-9-15(2,3)4/h5-8H,9-11H2,1-4H3. The van der Waals surface area contributed by atoms with Crippen molar-refractivity contribution >= 4 is 5.78 Å². The Morgan fingerprint density at radius 1 is 1.24 bits per heavy atom. The Kier molecular flexibility index (Phi) is 4.88. The second kappa shape index (κ2) is 5.97. The van der Waals surface area contributed by atoms with Crippen molar-refractivity contribution in [2.45, 2.75) is 34.1 Å². The lowest BCUT2D eigenvalue weighted by molar-refractivity contribution is 0.0705. The third kappa shape index (κ3) is 5.14. The van der Waals surface area contributed by atoms with E-state index < -0.39 is 0 Å². The summed E-state index contributed by atoms with van der Waals surface area (Å²) in [6.07, 6.45) is 0.966. The topological polar surface area (TPSA) is 26.3 Å². The van der Waals surface area contributed by atoms with Crippen LogP contribution in [-0.2, 0) is 4.74 Å². The maximum Gasteiger partial charge on any atom is 0.188 e. The van der Waals surface area contributed by atoms with Crippen LogP contribution in [0.15, 0.2) is 24.3 Å². The van der Waals surface area contributed by atoms with E-state index in [0.717, 1.165) is 17.5 Å². The molecule has 94 valence electrons. The largest absolute Gasteiger partial charge is 0.373 e. The van der Waals surface area contributed by atoms with E-state index in [9.17, 15) is 4.79 Å². The highest BCUT2D eigenvalue weighted by molar-refractivity contribution is 5.98. The first-order valence-electron chi connectivity index (χ1n) is 6.07. The Morgan fingerprint density at radius 3 is 2.47 bits per heavy atom. The molecule has 0 amide bonds. The Bertz CT molecular complexity index is 375. The number of hydrogen-bond acceptors (Lipinski definition) is 2. The van der Waals surface area contributed by atoms with Crippen LogP contribution in [0.5, 0.6) is 0 Å². The summed E-state index contributed by atoms with van der Waals surface area (Å²) in [6, 6.07) is 7.62. The molecule has 1 aromatic carbocycles. The number of aryl methyl sites for hydroxylation is 1. The van der Waals surface area contributed by atoms with Gasteiger partial charge in [-0.2, -0.15) is 0 Å². The molecule has 0 radical (unpaired) electrons. The van der Waals surface area contributed by atoms with Crippen molar-refractivity contribution < 1.29 is 9.53 Å². The molecule has 0 unspecified atom stereocenters. The number of hydrogen-bond donors (Lipinski definition) is 0. The molecule has 2 nitrogen and oxygen atoms in total. The maximum absolute atomic E-state index is 11.9. The number of Topliss-reactive ketones (excluding diaryl/α,β-unsaturated/α-hetero) is 1. The summed E-state index contributed by atoms with van der Waals surface area (Å²) >= 11 is 0. The van der Waals surface area contributed by atoms with E-state index in [4.69, 9.17) is 4.74 Å². The predicted octanol–water partition coefficient (Wildman–Crippen LogP) is 3.63. The predicted molar refractivity (Wildman–Crippen MR) is 70.4 cm³/mol. The lowest BCUT2D eigenvalue weighted by Gasteiger charge is -2.17. The summed E-state index contributed by atoms with van der Waals surface area (Å²) in [7, 11) is 0. The summed E-state index contributed by atoms with van der Waals surface area (Å²) in [4.78, 5) is 11.9. The number of ketones is 1. The Balaban J connectivity index is 2.39. The van der Waals surface area contributed by atoms with Crippen LogP contribution in [0, 0.1) is 12.3 Å². The van der Waals surface area contributed by atoms with Gasteiger partial charge in [0.1, 0.15) is 6.61 Å². The van der Waals surface area contributed by atoms with Crippen molar-refractivity contribution in [1.82, 2.24) is 0 Å². The van der Waals surface area contributed by atoms with Crippen LogP contribution in [0.4, 0.5) is 0 Å². The zero-order valence-corrected chi connectivity index (χ0v) is 11.2. The summed E-state index contributed by atoms with van der Waals surface area (Å²) in [5.74, 6) is 0.0667. The molecule has 0 heterocycles. The molecule has 0 N–H and O–H groups in total. The van der Waals surface area contributed by atoms with Crippen molar-refractivity contribution in [3.63, 3.8) is 0 Å². The zero-order valence-electron chi connectivity index (χ0n) is 11.2. The SMILES string of the molecule is Cc1ccccc1C(=O)COCCC(C)(C)C. The van der Waals surface area contributed by atoms with Crippen LogP contribution in [-0.4, -0.2) is 19.0 Å². The fraction of sp³-hybridized carbons (Fsp3) is 0.533. The number of carbonyl (C=O) groups is 1. The van der Waals surface area contributed by atoms with Gasteiger partial charge in [0.15, 0.2) is 5.78 Å². The number of carbonyl (C=O) groups excluding carboxylic acids is 1. The van der Waals surface area contributed by atoms with Gasteiger partial charge in [0.05, 0.1) is 0 Å². The van der Waals surface area contributed by atoms with E-state index in [1.165, 1.54) is 0 Å². The summed E-state index contributed by atoms with van der Waals surface area (Å²) in [6.45, 7) is 9.27. The summed E-state index contributed by atoms with van der Waals surface area (Å²) in [5, 5.41) is 0. The van der Waals surface area contributed by atoms with Gasteiger partial charge in [-0.25, -0.2) is 0 Å². The molecule has 0 aromatic heterocycles. The van der Waals surface area contributed by atoms with Crippen molar-refractivity contribution in [1.29, 1.82) is 0 Å². The first kappa shape index (κ1) is 13.9. The summed E-state index contributed by atoms with van der Waals surface area (Å²) < 4.78 is 5.43. The van der Waals surface area contributed by atoms with E-state index in [1.807, 2.05) is 31.2 Å². The molecule has 0 bridgehead atoms. The van der Waals surface area contributed by atoms with Crippen LogP contribution in [0.3, 0.4) is 0 Å². The van der Waals surface area contributed by atoms with Crippen LogP contribution in [0.25, 0.3) is 0 Å². The first-order chi connectivity index (χ1) is 7.90. The number of rotatable bonds is 5. The minimum absolute atomic E-state index is 0.0667. The maximum atomic E-state index is 11.9. The Labute approximate surface area is 104 Å². The fourth-order valence-electron chi connectivity index (χ4n) is 1.51. The quantitative estimate of drug-likeness (QED) is 0.574. The highest BCUT2D eigenvalue weighted by atomic mass is 16.5. The Hall–Kier alpha value is -1.15. The lowest BCUT2D eigenvalue weighted by Crippen LogP contribution is -2.14. The third-order valence-electron chi connectivity index (χ3n) is 2.68. The van der Waals surface area contributed by atoms with Crippen LogP contribution >= 0.6 is 0 Å². The minimum atomic E-state index is 0.0667. The highest BCUT2D eigenvalue weighted by Crippen LogP contribution is 2.18. The van der Waals surface area contributed by atoms with E-state index in [-0.39, 0.29) is 17.8 Å². The molecule has 0 aliphatic carbocycles. The van der Waals surface area contributed by atoms with Crippen molar-refractivity contribution in [2.24, 2.45) is 5.41 Å². The van der Waals surface area contributed by atoms with Crippen molar-refractivity contribution in [3.8, 4) is 0 Å². The summed E-state index contributed by atoms with van der Waals surface area (Å²) in [5.41, 5.74) is 2.03. The van der Waals surface area contributed by atoms with Gasteiger partial charge < -0.3 is 4.74 Å². The molecule has 0 saturated heterocycles. The van der Waals surface area contributed by atoms with Crippen LogP contribution in [0.2, 0.25) is 0 Å². The van der Waals surface area contributed by atoms with Gasteiger partial charge >= 0.3 is 0 Å². The molecule has 0 saturated carbocycles. The van der Waals surface area contributed by atoms with E-state index in [0.29, 0.717) is 6.61 Å². The van der Waals surface area contributed by atoms with E-state index in [1.54, 1.807) is 0 Å². The minimum Gasteiger partial charge on any atom is -0.373 e. The first-order valence-corrected chi connectivity index (χ1v) is 6.07. The molecular weight excluding hydrogens is 212 g/mol. The molecule has 0 fully saturated rings. The molecule has 0 aliphatic heterocycles. The zero-order chi connectivity index (χ0) is 12.9. The van der Waals surface area contributed by atoms with Gasteiger partial charge in [-0.15, -0.1) is 0 Å². The van der Waals surface area contributed by atoms with Gasteiger partial charge in [-0.3, -0.25) is 4.79 Å². The third-order valence-corrected chi connectivity index (χ3v) is 2.68. The van der Waals surface area contributed by atoms with Gasteiger partial charge in [-0.1, -0.05) is 45.0 Å². The molecule has 0 atom stereocenters. The Morgan fingerprint density at radius 2 is 1.88 bits per heavy atom. The molecule has 17 heavy (non-hydrogen) atoms. The van der Waals surface area contributed by atoms with Gasteiger partial charge in [0, 0.05) is 12.2 Å². The van der Waals surface area contributed by atoms with E-state index in [2.05, 4.69) is 20.8 Å². The average Bonchev–Trinajstić information content (AvgIpc) is 2.23. The van der Waals surface area contributed by atoms with Crippen LogP contribution < -0.4 is 0 Å². The number of ether oxygens (including phenoxy) is 1. The molecule has 2 heteroatoms. The fourth-order valence-corrected chi connectivity index (χ4v) is 1.51. The smallest absolute Gasteiger partial charge is 0.188 e. The highest BCUT2D eigenvalue weighted by Gasteiger charge is 2.11. The molecular formula is C15H22O2. The van der Waals surface area contributed by atoms with Gasteiger partial charge in [0.25, 0.3) is 0 Å². The van der Waals surface area contributed by atoms with Crippen molar-refractivity contribution in [3.05, 3.63) is 35.4 Å². The van der Waals surface area contributed by atoms with Crippen molar-refractivity contribution in [2.75, 3.05) is 13.2 Å². The number of benzene rings is 1. The second-order valence-corrected chi connectivity index (χ2v) is 5.60. The van der Waals surface area contributed by atoms with Gasteiger partial charge in [0.2, 0.25) is 0 Å². The molecule has 1 aromatic rings.